The summed E-state index contributed by atoms with van der Waals surface area (Å²) in [7, 11) is 1.66. The molecule has 3 aromatic heterocycles. The average molecular weight is 393 g/mol. The van der Waals surface area contributed by atoms with Gasteiger partial charge in [0.15, 0.2) is 5.65 Å². The van der Waals surface area contributed by atoms with Crippen LogP contribution in [0.4, 0.5) is 11.6 Å². The van der Waals surface area contributed by atoms with Gasteiger partial charge in [-0.25, -0.2) is 4.52 Å². The highest BCUT2D eigenvalue weighted by molar-refractivity contribution is 5.68. The SMILES string of the molecule is COc1ccc(-c2cccc3nc(Nc4ccc(-c5cccnc5)cc4)nn23)cc1. The quantitative estimate of drug-likeness (QED) is 0.444. The minimum Gasteiger partial charge on any atom is -0.497 e. The van der Waals surface area contributed by atoms with Crippen LogP contribution in [-0.4, -0.2) is 26.7 Å². The predicted molar refractivity (Wildman–Crippen MR) is 118 cm³/mol. The molecular weight excluding hydrogens is 374 g/mol. The Morgan fingerprint density at radius 3 is 2.33 bits per heavy atom. The Morgan fingerprint density at radius 1 is 0.800 bits per heavy atom. The van der Waals surface area contributed by atoms with Crippen LogP contribution in [0.3, 0.4) is 0 Å². The molecule has 6 nitrogen and oxygen atoms in total. The highest BCUT2D eigenvalue weighted by Gasteiger charge is 2.09. The fourth-order valence-corrected chi connectivity index (χ4v) is 3.35. The first-order valence-corrected chi connectivity index (χ1v) is 9.58. The number of pyridine rings is 2. The minimum absolute atomic E-state index is 0.546. The molecule has 0 saturated heterocycles. The molecule has 0 aliphatic rings. The van der Waals surface area contributed by atoms with Crippen molar-refractivity contribution in [3.05, 3.63) is 91.3 Å². The summed E-state index contributed by atoms with van der Waals surface area (Å²) in [6.07, 6.45) is 3.63. The van der Waals surface area contributed by atoms with Crippen LogP contribution in [0.5, 0.6) is 5.75 Å². The lowest BCUT2D eigenvalue weighted by Gasteiger charge is -2.05. The number of methoxy groups -OCH3 is 1. The van der Waals surface area contributed by atoms with Crippen LogP contribution >= 0.6 is 0 Å². The van der Waals surface area contributed by atoms with E-state index in [9.17, 15) is 0 Å². The Bertz CT molecular complexity index is 1280. The van der Waals surface area contributed by atoms with Crippen LogP contribution in [-0.2, 0) is 0 Å². The molecule has 5 rings (SSSR count). The molecule has 0 bridgehead atoms. The number of hydrogen-bond donors (Lipinski definition) is 1. The first-order chi connectivity index (χ1) is 14.8. The number of ether oxygens (including phenoxy) is 1. The molecule has 0 amide bonds. The molecule has 0 unspecified atom stereocenters. The van der Waals surface area contributed by atoms with Crippen molar-refractivity contribution in [2.75, 3.05) is 12.4 Å². The lowest BCUT2D eigenvalue weighted by Crippen LogP contribution is -1.96. The first kappa shape index (κ1) is 17.9. The number of rotatable bonds is 5. The summed E-state index contributed by atoms with van der Waals surface area (Å²) in [6.45, 7) is 0. The van der Waals surface area contributed by atoms with Gasteiger partial charge in [0.2, 0.25) is 5.95 Å². The number of hydrogen-bond acceptors (Lipinski definition) is 5. The number of fused-ring (bicyclic) bond motifs is 1. The van der Waals surface area contributed by atoms with Crippen molar-refractivity contribution >= 4 is 17.3 Å². The van der Waals surface area contributed by atoms with E-state index in [1.165, 1.54) is 0 Å². The van der Waals surface area contributed by atoms with E-state index in [-0.39, 0.29) is 0 Å². The first-order valence-electron chi connectivity index (χ1n) is 9.58. The molecule has 3 heterocycles. The van der Waals surface area contributed by atoms with Crippen molar-refractivity contribution in [3.8, 4) is 28.1 Å². The van der Waals surface area contributed by atoms with E-state index >= 15 is 0 Å². The molecular formula is C24H19N5O. The fourth-order valence-electron chi connectivity index (χ4n) is 3.35. The highest BCUT2D eigenvalue weighted by Crippen LogP contribution is 2.25. The van der Waals surface area contributed by atoms with E-state index in [1.807, 2.05) is 77.4 Å². The van der Waals surface area contributed by atoms with Gasteiger partial charge in [-0.1, -0.05) is 24.3 Å². The molecule has 0 radical (unpaired) electrons. The molecule has 0 fully saturated rings. The number of nitrogens with zero attached hydrogens (tertiary/aromatic N) is 4. The zero-order chi connectivity index (χ0) is 20.3. The zero-order valence-electron chi connectivity index (χ0n) is 16.4. The molecule has 1 N–H and O–H groups in total. The standard InChI is InChI=1S/C24H19N5O/c1-30-21-13-9-18(10-14-21)22-5-2-6-23-27-24(28-29(22)23)26-20-11-7-17(8-12-20)19-4-3-15-25-16-19/h2-16H,1H3,(H,26,28). The van der Waals surface area contributed by atoms with Crippen LogP contribution in [0, 0.1) is 0 Å². The van der Waals surface area contributed by atoms with Crippen LogP contribution in [0.1, 0.15) is 0 Å². The molecule has 0 aliphatic carbocycles. The Labute approximate surface area is 173 Å². The van der Waals surface area contributed by atoms with Crippen LogP contribution in [0.25, 0.3) is 28.0 Å². The van der Waals surface area contributed by atoms with E-state index in [1.54, 1.807) is 13.3 Å². The zero-order valence-corrected chi connectivity index (χ0v) is 16.4. The van der Waals surface area contributed by atoms with Gasteiger partial charge in [-0.2, -0.15) is 4.98 Å². The summed E-state index contributed by atoms with van der Waals surface area (Å²) in [6, 6.07) is 26.0. The predicted octanol–water partition coefficient (Wildman–Crippen LogP) is 5.21. The van der Waals surface area contributed by atoms with Crippen LogP contribution < -0.4 is 10.1 Å². The van der Waals surface area contributed by atoms with E-state index in [0.29, 0.717) is 5.95 Å². The van der Waals surface area contributed by atoms with Crippen molar-refractivity contribution in [2.45, 2.75) is 0 Å². The molecule has 0 spiro atoms. The summed E-state index contributed by atoms with van der Waals surface area (Å²) in [5.41, 5.74) is 5.89. The Hall–Kier alpha value is -4.19. The Balaban J connectivity index is 1.43. The largest absolute Gasteiger partial charge is 0.497 e. The maximum atomic E-state index is 5.25. The summed E-state index contributed by atoms with van der Waals surface area (Å²) >= 11 is 0. The van der Waals surface area contributed by atoms with E-state index < -0.39 is 0 Å². The second-order valence-corrected chi connectivity index (χ2v) is 6.79. The molecule has 0 saturated carbocycles. The summed E-state index contributed by atoms with van der Waals surface area (Å²) < 4.78 is 7.09. The van der Waals surface area contributed by atoms with Crippen molar-refractivity contribution in [2.24, 2.45) is 0 Å². The van der Waals surface area contributed by atoms with Gasteiger partial charge in [0.05, 0.1) is 12.8 Å². The summed E-state index contributed by atoms with van der Waals surface area (Å²) in [5, 5.41) is 7.95. The summed E-state index contributed by atoms with van der Waals surface area (Å²) in [4.78, 5) is 8.79. The molecule has 0 aliphatic heterocycles. The number of anilines is 2. The van der Waals surface area contributed by atoms with Crippen LogP contribution in [0.2, 0.25) is 0 Å². The molecule has 146 valence electrons. The van der Waals surface area contributed by atoms with Crippen LogP contribution in [0.15, 0.2) is 91.3 Å². The Kier molecular flexibility index (Phi) is 4.57. The fraction of sp³-hybridized carbons (Fsp3) is 0.0417. The Morgan fingerprint density at radius 2 is 1.60 bits per heavy atom. The average Bonchev–Trinajstić information content (AvgIpc) is 3.23. The lowest BCUT2D eigenvalue weighted by molar-refractivity contribution is 0.415. The number of aromatic nitrogens is 4. The third-order valence-electron chi connectivity index (χ3n) is 4.88. The second-order valence-electron chi connectivity index (χ2n) is 6.79. The highest BCUT2D eigenvalue weighted by atomic mass is 16.5. The van der Waals surface area contributed by atoms with Gasteiger partial charge in [-0.3, -0.25) is 4.98 Å². The van der Waals surface area contributed by atoms with E-state index in [4.69, 9.17) is 4.74 Å². The molecule has 30 heavy (non-hydrogen) atoms. The molecule has 6 heteroatoms. The molecule has 2 aromatic carbocycles. The van der Waals surface area contributed by atoms with Crippen molar-refractivity contribution in [1.82, 2.24) is 19.6 Å². The van der Waals surface area contributed by atoms with Gasteiger partial charge in [-0.05, 0) is 65.7 Å². The maximum absolute atomic E-state index is 5.25. The second kappa shape index (κ2) is 7.67. The van der Waals surface area contributed by atoms with E-state index in [2.05, 4.69) is 32.5 Å². The van der Waals surface area contributed by atoms with Gasteiger partial charge in [-0.15, -0.1) is 5.10 Å². The number of benzene rings is 2. The normalized spacial score (nSPS) is 10.8. The lowest BCUT2D eigenvalue weighted by atomic mass is 10.1. The van der Waals surface area contributed by atoms with Gasteiger partial charge < -0.3 is 10.1 Å². The van der Waals surface area contributed by atoms with Gasteiger partial charge >= 0.3 is 0 Å². The maximum Gasteiger partial charge on any atom is 0.247 e. The number of nitrogens with one attached hydrogen (secondary N) is 1. The third kappa shape index (κ3) is 3.46. The van der Waals surface area contributed by atoms with Crippen molar-refractivity contribution in [3.63, 3.8) is 0 Å². The van der Waals surface area contributed by atoms with Gasteiger partial charge in [0, 0.05) is 23.6 Å². The van der Waals surface area contributed by atoms with E-state index in [0.717, 1.165) is 39.5 Å². The van der Waals surface area contributed by atoms with Crippen molar-refractivity contribution < 1.29 is 4.74 Å². The summed E-state index contributed by atoms with van der Waals surface area (Å²) in [5.74, 6) is 1.37. The van der Waals surface area contributed by atoms with Gasteiger partial charge in [0.25, 0.3) is 0 Å². The topological polar surface area (TPSA) is 64.3 Å². The molecule has 5 aromatic rings. The van der Waals surface area contributed by atoms with Crippen molar-refractivity contribution in [1.29, 1.82) is 0 Å². The minimum atomic E-state index is 0.546. The third-order valence-corrected chi connectivity index (χ3v) is 4.88. The van der Waals surface area contributed by atoms with Gasteiger partial charge in [0.1, 0.15) is 5.75 Å². The molecule has 0 atom stereocenters. The smallest absolute Gasteiger partial charge is 0.247 e. The monoisotopic (exact) mass is 393 g/mol.